The van der Waals surface area contributed by atoms with E-state index < -0.39 is 5.60 Å². The number of fused-ring (bicyclic) bond motifs is 1. The van der Waals surface area contributed by atoms with E-state index >= 15 is 0 Å². The summed E-state index contributed by atoms with van der Waals surface area (Å²) in [6.45, 7) is 6.08. The van der Waals surface area contributed by atoms with Gasteiger partial charge in [0.05, 0.1) is 5.69 Å². The lowest BCUT2D eigenvalue weighted by Gasteiger charge is -2.26. The van der Waals surface area contributed by atoms with E-state index in [9.17, 15) is 9.59 Å². The van der Waals surface area contributed by atoms with Crippen molar-refractivity contribution >= 4 is 23.6 Å². The fourth-order valence-corrected chi connectivity index (χ4v) is 2.63. The van der Waals surface area contributed by atoms with Gasteiger partial charge in [0.2, 0.25) is 0 Å². The van der Waals surface area contributed by atoms with Crippen LogP contribution in [0, 0.1) is 0 Å². The maximum atomic E-state index is 11.9. The predicted molar refractivity (Wildman–Crippen MR) is 67.7 cm³/mol. The van der Waals surface area contributed by atoms with Gasteiger partial charge in [-0.3, -0.25) is 14.9 Å². The molecule has 0 bridgehead atoms. The van der Waals surface area contributed by atoms with Crippen molar-refractivity contribution in [2.75, 3.05) is 0 Å². The Bertz CT molecular complexity index is 476. The number of esters is 1. The van der Waals surface area contributed by atoms with Gasteiger partial charge in [-0.25, -0.2) is 4.98 Å². The van der Waals surface area contributed by atoms with Gasteiger partial charge in [-0.1, -0.05) is 0 Å². The Hall–Kier alpha value is -1.27. The molecule has 0 radical (unpaired) electrons. The Morgan fingerprint density at radius 1 is 1.56 bits per heavy atom. The molecule has 1 aromatic rings. The normalized spacial score (nSPS) is 19.2. The molecule has 0 spiro atoms. The number of thiazole rings is 1. The van der Waals surface area contributed by atoms with Crippen LogP contribution in [0.3, 0.4) is 0 Å². The minimum Gasteiger partial charge on any atom is -0.459 e. The van der Waals surface area contributed by atoms with E-state index in [2.05, 4.69) is 10.3 Å². The molecular formula is C12H16N2O3S. The third kappa shape index (κ3) is 2.94. The van der Waals surface area contributed by atoms with Crippen LogP contribution in [0.15, 0.2) is 0 Å². The number of carbonyl (C=O) groups excluding carboxylic acids is 2. The average molecular weight is 268 g/mol. The molecule has 0 saturated heterocycles. The highest BCUT2D eigenvalue weighted by atomic mass is 32.1. The van der Waals surface area contributed by atoms with Crippen LogP contribution in [-0.4, -0.2) is 28.9 Å². The molecule has 0 aromatic carbocycles. The quantitative estimate of drug-likeness (QED) is 0.647. The Labute approximate surface area is 110 Å². The molecule has 1 unspecified atom stereocenters. The predicted octanol–water partition coefficient (Wildman–Crippen LogP) is 1.31. The zero-order valence-corrected chi connectivity index (χ0v) is 11.5. The van der Waals surface area contributed by atoms with Crippen LogP contribution in [-0.2, 0) is 22.5 Å². The highest BCUT2D eigenvalue weighted by Crippen LogP contribution is 2.23. The summed E-state index contributed by atoms with van der Waals surface area (Å²) < 4.78 is 5.33. The van der Waals surface area contributed by atoms with Gasteiger partial charge in [0, 0.05) is 17.8 Å². The fraction of sp³-hybridized carbons (Fsp3) is 0.583. The summed E-state index contributed by atoms with van der Waals surface area (Å²) in [5, 5.41) is 3.58. The van der Waals surface area contributed by atoms with Gasteiger partial charge in [0.25, 0.3) is 0 Å². The smallest absolute Gasteiger partial charge is 0.324 e. The van der Waals surface area contributed by atoms with E-state index in [0.29, 0.717) is 18.0 Å². The molecule has 1 aromatic heterocycles. The molecule has 98 valence electrons. The molecule has 1 N–H and O–H groups in total. The highest BCUT2D eigenvalue weighted by Gasteiger charge is 2.30. The Kier molecular flexibility index (Phi) is 3.49. The van der Waals surface area contributed by atoms with Crippen LogP contribution in [0.25, 0.3) is 0 Å². The molecule has 1 aliphatic rings. The lowest BCUT2D eigenvalue weighted by atomic mass is 10.1. The number of hydrogen-bond donors (Lipinski definition) is 1. The number of rotatable bonds is 2. The molecular weight excluding hydrogens is 252 g/mol. The number of hydrogen-bond acceptors (Lipinski definition) is 6. The highest BCUT2D eigenvalue weighted by molar-refractivity contribution is 7.13. The number of carbonyl (C=O) groups is 2. The number of aromatic nitrogens is 1. The van der Waals surface area contributed by atoms with E-state index in [1.54, 1.807) is 0 Å². The molecule has 0 saturated carbocycles. The van der Waals surface area contributed by atoms with Crippen LogP contribution >= 0.6 is 11.3 Å². The monoisotopic (exact) mass is 268 g/mol. The van der Waals surface area contributed by atoms with Gasteiger partial charge in [-0.15, -0.1) is 11.3 Å². The molecule has 0 amide bonds. The van der Waals surface area contributed by atoms with Crippen LogP contribution in [0.4, 0.5) is 0 Å². The lowest BCUT2D eigenvalue weighted by molar-refractivity contribution is -0.157. The first-order chi connectivity index (χ1) is 8.39. The van der Waals surface area contributed by atoms with Gasteiger partial charge in [0.1, 0.15) is 11.6 Å². The van der Waals surface area contributed by atoms with Crippen LogP contribution in [0.2, 0.25) is 0 Å². The first-order valence-electron chi connectivity index (χ1n) is 5.79. The van der Waals surface area contributed by atoms with Crippen LogP contribution in [0.5, 0.6) is 0 Å². The summed E-state index contributed by atoms with van der Waals surface area (Å²) in [5.41, 5.74) is 0.339. The molecule has 0 fully saturated rings. The third-order valence-corrected chi connectivity index (χ3v) is 3.52. The van der Waals surface area contributed by atoms with Crippen molar-refractivity contribution in [2.24, 2.45) is 0 Å². The molecule has 6 heteroatoms. The van der Waals surface area contributed by atoms with Gasteiger partial charge >= 0.3 is 5.97 Å². The molecule has 2 rings (SSSR count). The second kappa shape index (κ2) is 4.78. The lowest BCUT2D eigenvalue weighted by Crippen LogP contribution is -2.44. The summed E-state index contributed by atoms with van der Waals surface area (Å²) in [6.07, 6.45) is 1.22. The van der Waals surface area contributed by atoms with Gasteiger partial charge in [0.15, 0.2) is 11.3 Å². The number of nitrogens with one attached hydrogen (secondary N) is 1. The third-order valence-electron chi connectivity index (χ3n) is 2.49. The summed E-state index contributed by atoms with van der Waals surface area (Å²) in [6, 6.07) is -0.377. The summed E-state index contributed by atoms with van der Waals surface area (Å²) in [7, 11) is 0. The Morgan fingerprint density at radius 2 is 2.28 bits per heavy atom. The molecule has 5 nitrogen and oxygen atoms in total. The Morgan fingerprint density at radius 3 is 2.89 bits per heavy atom. The largest absolute Gasteiger partial charge is 0.459 e. The minimum absolute atomic E-state index is 0.270. The molecule has 1 atom stereocenters. The van der Waals surface area contributed by atoms with Gasteiger partial charge in [-0.2, -0.15) is 0 Å². The minimum atomic E-state index is -0.491. The maximum absolute atomic E-state index is 11.9. The number of nitrogens with zero attached hydrogens (tertiary/aromatic N) is 1. The number of aldehydes is 1. The van der Waals surface area contributed by atoms with E-state index in [4.69, 9.17) is 4.74 Å². The molecule has 18 heavy (non-hydrogen) atoms. The first kappa shape index (κ1) is 13.2. The van der Waals surface area contributed by atoms with E-state index in [-0.39, 0.29) is 12.0 Å². The van der Waals surface area contributed by atoms with Crippen molar-refractivity contribution in [1.82, 2.24) is 10.3 Å². The van der Waals surface area contributed by atoms with Crippen molar-refractivity contribution in [3.63, 3.8) is 0 Å². The van der Waals surface area contributed by atoms with Crippen molar-refractivity contribution in [3.05, 3.63) is 15.6 Å². The SMILES string of the molecule is CC(C)(C)OC(=O)C1Cc2nc(C=O)sc2CN1. The van der Waals surface area contributed by atoms with Crippen molar-refractivity contribution < 1.29 is 14.3 Å². The van der Waals surface area contributed by atoms with E-state index in [1.807, 2.05) is 20.8 Å². The number of ether oxygens (including phenoxy) is 1. The maximum Gasteiger partial charge on any atom is 0.324 e. The van der Waals surface area contributed by atoms with Crippen molar-refractivity contribution in [3.8, 4) is 0 Å². The van der Waals surface area contributed by atoms with Gasteiger partial charge in [-0.05, 0) is 20.8 Å². The van der Waals surface area contributed by atoms with Crippen LogP contribution in [0.1, 0.15) is 41.1 Å². The van der Waals surface area contributed by atoms with Crippen LogP contribution < -0.4 is 5.32 Å². The second-order valence-corrected chi connectivity index (χ2v) is 6.33. The molecule has 1 aliphatic heterocycles. The standard InChI is InChI=1S/C12H16N2O3S/c1-12(2,3)17-11(16)8-4-7-9(5-13-8)18-10(6-15)14-7/h6,8,13H,4-5H2,1-3H3. The average Bonchev–Trinajstić information content (AvgIpc) is 2.68. The molecule has 2 heterocycles. The van der Waals surface area contributed by atoms with Crippen molar-refractivity contribution in [1.29, 1.82) is 0 Å². The van der Waals surface area contributed by atoms with E-state index in [1.165, 1.54) is 11.3 Å². The summed E-state index contributed by atoms with van der Waals surface area (Å²) in [5.74, 6) is -0.270. The Balaban J connectivity index is 2.07. The topological polar surface area (TPSA) is 68.3 Å². The fourth-order valence-electron chi connectivity index (χ4n) is 1.77. The summed E-state index contributed by atoms with van der Waals surface area (Å²) >= 11 is 1.37. The second-order valence-electron chi connectivity index (χ2n) is 5.21. The zero-order chi connectivity index (χ0) is 13.3. The first-order valence-corrected chi connectivity index (χ1v) is 6.60. The summed E-state index contributed by atoms with van der Waals surface area (Å²) in [4.78, 5) is 27.8. The molecule has 0 aliphatic carbocycles. The van der Waals surface area contributed by atoms with Gasteiger partial charge < -0.3 is 4.74 Å². The van der Waals surface area contributed by atoms with Crippen molar-refractivity contribution in [2.45, 2.75) is 45.4 Å². The zero-order valence-electron chi connectivity index (χ0n) is 10.6. The van der Waals surface area contributed by atoms with E-state index in [0.717, 1.165) is 16.9 Å².